The lowest BCUT2D eigenvalue weighted by Crippen LogP contribution is -2.54. The first-order valence-corrected chi connectivity index (χ1v) is 14.7. The Hall–Kier alpha value is -4.05. The van der Waals surface area contributed by atoms with Crippen molar-refractivity contribution < 1.29 is 23.9 Å². The molecule has 10 heteroatoms. The molecule has 10 nitrogen and oxygen atoms in total. The zero-order valence-corrected chi connectivity index (χ0v) is 24.8. The van der Waals surface area contributed by atoms with Crippen molar-refractivity contribution in [2.45, 2.75) is 90.6 Å². The van der Waals surface area contributed by atoms with E-state index in [1.807, 2.05) is 37.3 Å². The minimum atomic E-state index is -1.82. The molecule has 0 unspecified atom stereocenters. The van der Waals surface area contributed by atoms with Crippen molar-refractivity contribution in [2.24, 2.45) is 0 Å². The fraction of sp³-hybridized carbons (Fsp3) is 0.469. The van der Waals surface area contributed by atoms with Gasteiger partial charge in [-0.3, -0.25) is 14.4 Å². The first-order chi connectivity index (χ1) is 20.1. The van der Waals surface area contributed by atoms with Crippen molar-refractivity contribution in [2.75, 3.05) is 6.54 Å². The van der Waals surface area contributed by atoms with Crippen LogP contribution in [0.3, 0.4) is 0 Å². The fourth-order valence-electron chi connectivity index (χ4n) is 5.82. The second-order valence-electron chi connectivity index (χ2n) is 11.3. The molecule has 0 saturated carbocycles. The van der Waals surface area contributed by atoms with Crippen LogP contribution in [-0.2, 0) is 42.6 Å². The molecule has 2 aromatic heterocycles. The van der Waals surface area contributed by atoms with Crippen LogP contribution in [0.2, 0.25) is 0 Å². The molecule has 0 bridgehead atoms. The van der Waals surface area contributed by atoms with Crippen LogP contribution in [-0.4, -0.2) is 45.5 Å². The molecule has 0 spiro atoms. The molecule has 2 atom stereocenters. The third-order valence-corrected chi connectivity index (χ3v) is 8.89. The lowest BCUT2D eigenvalue weighted by Gasteiger charge is -2.36. The molecule has 0 saturated heterocycles. The van der Waals surface area contributed by atoms with Crippen LogP contribution >= 0.6 is 0 Å². The Balaban J connectivity index is 1.43. The van der Waals surface area contributed by atoms with Crippen LogP contribution < -0.4 is 16.2 Å². The summed E-state index contributed by atoms with van der Waals surface area (Å²) in [5.41, 5.74) is 1.11. The molecule has 1 amide bonds. The number of hydrogen-bond acceptors (Lipinski definition) is 8. The maximum Gasteiger partial charge on any atom is 0.355 e. The second-order valence-corrected chi connectivity index (χ2v) is 11.3. The molecule has 0 radical (unpaired) electrons. The van der Waals surface area contributed by atoms with Crippen LogP contribution in [0.15, 0.2) is 41.2 Å². The van der Waals surface area contributed by atoms with Gasteiger partial charge in [0.2, 0.25) is 11.5 Å². The Morgan fingerprint density at radius 3 is 2.57 bits per heavy atom. The molecular formula is C32H38N4O6. The van der Waals surface area contributed by atoms with Crippen LogP contribution in [0.5, 0.6) is 0 Å². The molecular weight excluding hydrogens is 536 g/mol. The van der Waals surface area contributed by atoms with Crippen molar-refractivity contribution in [1.82, 2.24) is 20.2 Å². The summed E-state index contributed by atoms with van der Waals surface area (Å²) in [6.07, 6.45) is 2.27. The number of nitrogens with one attached hydrogen (secondary N) is 2. The molecule has 222 valence electrons. The zero-order chi connectivity index (χ0) is 30.2. The Kier molecular flexibility index (Phi) is 7.94. The normalized spacial score (nSPS) is 18.1. The van der Waals surface area contributed by atoms with Crippen LogP contribution in [0.1, 0.15) is 77.0 Å². The van der Waals surface area contributed by atoms with Crippen molar-refractivity contribution in [3.05, 3.63) is 63.4 Å². The summed E-state index contributed by atoms with van der Waals surface area (Å²) in [6.45, 7) is 9.46. The van der Waals surface area contributed by atoms with Crippen molar-refractivity contribution >= 4 is 28.7 Å². The summed E-state index contributed by atoms with van der Waals surface area (Å²) < 4.78 is 12.9. The number of carbonyl (C=O) groups excluding carboxylic acids is 3. The van der Waals surface area contributed by atoms with Crippen LogP contribution in [0, 0.1) is 0 Å². The Bertz CT molecular complexity index is 1630. The molecule has 2 aliphatic rings. The summed E-state index contributed by atoms with van der Waals surface area (Å²) >= 11 is 0. The van der Waals surface area contributed by atoms with Gasteiger partial charge in [-0.15, -0.1) is 0 Å². The maximum atomic E-state index is 13.7. The van der Waals surface area contributed by atoms with Gasteiger partial charge in [-0.05, 0) is 50.8 Å². The molecule has 2 aliphatic heterocycles. The number of benzene rings is 1. The standard InChI is InChI=1S/C32H38N4O6/c1-6-23(35-31(5,7-2)8-3)28(38)33-16-26(37)42-32(9-4)22-15-25-27-20(14-19-12-10-11-13-24(19)34-27)17-36(25)29(39)21(22)18-41-30(32)40/h10-15,23,35H,6-9,16-18H2,1-5H3,(H,33,38)/t23-,32+/m1/s1. The van der Waals surface area contributed by atoms with E-state index in [4.69, 9.17) is 14.5 Å². The Morgan fingerprint density at radius 1 is 1.14 bits per heavy atom. The number of esters is 2. The summed E-state index contributed by atoms with van der Waals surface area (Å²) in [5, 5.41) is 7.01. The average molecular weight is 575 g/mol. The predicted molar refractivity (Wildman–Crippen MR) is 158 cm³/mol. The van der Waals surface area contributed by atoms with E-state index >= 15 is 0 Å². The topological polar surface area (TPSA) is 129 Å². The molecule has 0 fully saturated rings. The van der Waals surface area contributed by atoms with Crippen molar-refractivity contribution in [1.29, 1.82) is 0 Å². The number of para-hydroxylation sites is 1. The van der Waals surface area contributed by atoms with E-state index in [1.165, 1.54) is 0 Å². The van der Waals surface area contributed by atoms with E-state index in [9.17, 15) is 19.2 Å². The third kappa shape index (κ3) is 4.98. The van der Waals surface area contributed by atoms with E-state index in [2.05, 4.69) is 31.4 Å². The smallest absolute Gasteiger partial charge is 0.355 e. The summed E-state index contributed by atoms with van der Waals surface area (Å²) in [7, 11) is 0. The van der Waals surface area contributed by atoms with E-state index in [0.29, 0.717) is 29.9 Å². The van der Waals surface area contributed by atoms with Gasteiger partial charge in [0.25, 0.3) is 5.56 Å². The molecule has 4 heterocycles. The number of cyclic esters (lactones) is 1. The lowest BCUT2D eigenvalue weighted by atomic mass is 9.85. The van der Waals surface area contributed by atoms with Gasteiger partial charge in [0.1, 0.15) is 13.2 Å². The third-order valence-electron chi connectivity index (χ3n) is 8.89. The van der Waals surface area contributed by atoms with Gasteiger partial charge in [-0.2, -0.15) is 0 Å². The first-order valence-electron chi connectivity index (χ1n) is 14.7. The number of carbonyl (C=O) groups is 3. The second kappa shape index (κ2) is 11.3. The number of amides is 1. The van der Waals surface area contributed by atoms with Gasteiger partial charge in [0.05, 0.1) is 35.1 Å². The molecule has 2 N–H and O–H groups in total. The van der Waals surface area contributed by atoms with Crippen LogP contribution in [0.25, 0.3) is 22.3 Å². The van der Waals surface area contributed by atoms with Gasteiger partial charge >= 0.3 is 11.9 Å². The number of rotatable bonds is 10. The van der Waals surface area contributed by atoms with Gasteiger partial charge in [-0.25, -0.2) is 9.78 Å². The van der Waals surface area contributed by atoms with E-state index < -0.39 is 30.1 Å². The fourth-order valence-corrected chi connectivity index (χ4v) is 5.82. The molecule has 1 aromatic carbocycles. The van der Waals surface area contributed by atoms with Crippen LogP contribution in [0.4, 0.5) is 0 Å². The zero-order valence-electron chi connectivity index (χ0n) is 24.8. The van der Waals surface area contributed by atoms with Gasteiger partial charge < -0.3 is 24.7 Å². The number of nitrogens with zero attached hydrogens (tertiary/aromatic N) is 2. The lowest BCUT2D eigenvalue weighted by molar-refractivity contribution is -0.189. The Morgan fingerprint density at radius 2 is 1.88 bits per heavy atom. The predicted octanol–water partition coefficient (Wildman–Crippen LogP) is 3.69. The first kappa shape index (κ1) is 29.4. The highest BCUT2D eigenvalue weighted by atomic mass is 16.6. The SMILES string of the molecule is CC[C@@H](NC(C)(CC)CC)C(=O)NCC(=O)O[C@]1(CC)C(=O)OCc2c1cc1n(c2=O)Cc2cc3ccccc3nc2-1. The quantitative estimate of drug-likeness (QED) is 0.275. The minimum absolute atomic E-state index is 0.0455. The maximum absolute atomic E-state index is 13.7. The van der Waals surface area contributed by atoms with Crippen molar-refractivity contribution in [3.8, 4) is 11.4 Å². The summed E-state index contributed by atoms with van der Waals surface area (Å²) in [4.78, 5) is 57.9. The number of fused-ring (bicyclic) bond motifs is 5. The molecule has 5 rings (SSSR count). The van der Waals surface area contributed by atoms with Gasteiger partial charge in [-0.1, -0.05) is 45.9 Å². The molecule has 3 aromatic rings. The largest absolute Gasteiger partial charge is 0.457 e. The highest BCUT2D eigenvalue weighted by Gasteiger charge is 2.50. The summed E-state index contributed by atoms with van der Waals surface area (Å²) in [5.74, 6) is -1.88. The van der Waals surface area contributed by atoms with Gasteiger partial charge in [0.15, 0.2) is 0 Å². The highest BCUT2D eigenvalue weighted by molar-refractivity contribution is 5.90. The minimum Gasteiger partial charge on any atom is -0.457 e. The number of pyridine rings is 2. The number of ether oxygens (including phenoxy) is 2. The number of aromatic nitrogens is 2. The monoisotopic (exact) mass is 574 g/mol. The average Bonchev–Trinajstić information content (AvgIpc) is 3.36. The van der Waals surface area contributed by atoms with E-state index in [1.54, 1.807) is 17.6 Å². The summed E-state index contributed by atoms with van der Waals surface area (Å²) in [6, 6.07) is 11.0. The molecule has 42 heavy (non-hydrogen) atoms. The molecule has 0 aliphatic carbocycles. The van der Waals surface area contributed by atoms with Crippen molar-refractivity contribution in [3.63, 3.8) is 0 Å². The Labute approximate surface area is 244 Å². The van der Waals surface area contributed by atoms with E-state index in [0.717, 1.165) is 29.3 Å². The van der Waals surface area contributed by atoms with E-state index in [-0.39, 0.29) is 35.6 Å². The van der Waals surface area contributed by atoms with Gasteiger partial charge in [0, 0.05) is 22.1 Å². The number of hydrogen-bond donors (Lipinski definition) is 2. The highest BCUT2D eigenvalue weighted by Crippen LogP contribution is 2.40.